The van der Waals surface area contributed by atoms with E-state index in [1.807, 2.05) is 0 Å². The van der Waals surface area contributed by atoms with Gasteiger partial charge in [0.2, 0.25) is 0 Å². The number of benzene rings is 2. The van der Waals surface area contributed by atoms with Gasteiger partial charge in [-0.2, -0.15) is 18.3 Å². The molecular formula is C17H11BrF4N4O2. The predicted molar refractivity (Wildman–Crippen MR) is 96.3 cm³/mol. The minimum absolute atomic E-state index is 0.0805. The number of amides is 2. The SMILES string of the molecule is Cn1nc2c(Br)cc(NC(=O)c3cc(F)cc(C(F)(F)F)c3)cc2c1C(N)=O. The summed E-state index contributed by atoms with van der Waals surface area (Å²) in [7, 11) is 1.51. The molecule has 1 aromatic heterocycles. The Balaban J connectivity index is 2.01. The van der Waals surface area contributed by atoms with Gasteiger partial charge in [-0.05, 0) is 46.3 Å². The van der Waals surface area contributed by atoms with Gasteiger partial charge in [-0.15, -0.1) is 0 Å². The molecular weight excluding hydrogens is 448 g/mol. The lowest BCUT2D eigenvalue weighted by Crippen LogP contribution is -2.16. The number of fused-ring (bicyclic) bond motifs is 1. The zero-order chi connectivity index (χ0) is 20.8. The minimum Gasteiger partial charge on any atom is -0.364 e. The Kier molecular flexibility index (Phi) is 4.88. The molecule has 2 aromatic carbocycles. The third-order valence-electron chi connectivity index (χ3n) is 3.87. The van der Waals surface area contributed by atoms with Gasteiger partial charge in [-0.1, -0.05) is 0 Å². The zero-order valence-electron chi connectivity index (χ0n) is 14.1. The minimum atomic E-state index is -4.80. The van der Waals surface area contributed by atoms with Crippen LogP contribution in [-0.4, -0.2) is 21.6 Å². The molecule has 0 aliphatic carbocycles. The molecule has 0 atom stereocenters. The van der Waals surface area contributed by atoms with Crippen LogP contribution in [0.1, 0.15) is 26.4 Å². The molecule has 11 heteroatoms. The molecule has 1 heterocycles. The molecule has 0 unspecified atom stereocenters. The van der Waals surface area contributed by atoms with E-state index in [0.29, 0.717) is 33.6 Å². The molecule has 0 aliphatic heterocycles. The highest BCUT2D eigenvalue weighted by Gasteiger charge is 2.32. The molecule has 0 fully saturated rings. The number of nitrogens with zero attached hydrogens (tertiary/aromatic N) is 2. The maximum absolute atomic E-state index is 13.5. The van der Waals surface area contributed by atoms with E-state index in [4.69, 9.17) is 5.73 Å². The Labute approximate surface area is 163 Å². The highest BCUT2D eigenvalue weighted by Crippen LogP contribution is 2.32. The number of rotatable bonds is 3. The number of nitrogens with two attached hydrogens (primary N) is 1. The van der Waals surface area contributed by atoms with Crippen LogP contribution in [0.25, 0.3) is 10.9 Å². The molecule has 0 radical (unpaired) electrons. The van der Waals surface area contributed by atoms with Crippen molar-refractivity contribution in [1.82, 2.24) is 9.78 Å². The second-order valence-corrected chi connectivity index (χ2v) is 6.73. The van der Waals surface area contributed by atoms with E-state index in [1.54, 1.807) is 0 Å². The summed E-state index contributed by atoms with van der Waals surface area (Å²) in [6.45, 7) is 0. The highest BCUT2D eigenvalue weighted by atomic mass is 79.9. The second kappa shape index (κ2) is 6.89. The fraction of sp³-hybridized carbons (Fsp3) is 0.118. The first kappa shape index (κ1) is 19.8. The summed E-state index contributed by atoms with van der Waals surface area (Å²) in [4.78, 5) is 24.0. The number of halogens is 5. The summed E-state index contributed by atoms with van der Waals surface area (Å²) in [6, 6.07) is 4.38. The maximum Gasteiger partial charge on any atom is 0.416 e. The number of aromatic nitrogens is 2. The van der Waals surface area contributed by atoms with Gasteiger partial charge in [0.15, 0.2) is 0 Å². The number of nitrogens with one attached hydrogen (secondary N) is 1. The second-order valence-electron chi connectivity index (χ2n) is 5.87. The lowest BCUT2D eigenvalue weighted by molar-refractivity contribution is -0.137. The molecule has 0 bridgehead atoms. The van der Waals surface area contributed by atoms with Crippen molar-refractivity contribution in [2.24, 2.45) is 12.8 Å². The number of alkyl halides is 3. The molecule has 28 heavy (non-hydrogen) atoms. The van der Waals surface area contributed by atoms with Gasteiger partial charge in [0.1, 0.15) is 17.0 Å². The van der Waals surface area contributed by atoms with Gasteiger partial charge in [0.05, 0.1) is 5.56 Å². The summed E-state index contributed by atoms with van der Waals surface area (Å²) in [5.41, 5.74) is 4.18. The van der Waals surface area contributed by atoms with E-state index in [9.17, 15) is 27.2 Å². The Morgan fingerprint density at radius 2 is 1.86 bits per heavy atom. The van der Waals surface area contributed by atoms with Crippen molar-refractivity contribution in [3.8, 4) is 0 Å². The van der Waals surface area contributed by atoms with Crippen LogP contribution in [0.2, 0.25) is 0 Å². The molecule has 2 amide bonds. The van der Waals surface area contributed by atoms with Crippen molar-refractivity contribution in [3.05, 3.63) is 57.4 Å². The van der Waals surface area contributed by atoms with Gasteiger partial charge in [-0.3, -0.25) is 14.3 Å². The van der Waals surface area contributed by atoms with Crippen LogP contribution in [0, 0.1) is 5.82 Å². The van der Waals surface area contributed by atoms with Crippen molar-refractivity contribution < 1.29 is 27.2 Å². The van der Waals surface area contributed by atoms with Crippen LogP contribution in [0.5, 0.6) is 0 Å². The average Bonchev–Trinajstić information content (AvgIpc) is 2.90. The van der Waals surface area contributed by atoms with Gasteiger partial charge in [0, 0.05) is 28.2 Å². The van der Waals surface area contributed by atoms with Crippen molar-refractivity contribution in [3.63, 3.8) is 0 Å². The lowest BCUT2D eigenvalue weighted by atomic mass is 10.1. The van der Waals surface area contributed by atoms with Crippen LogP contribution >= 0.6 is 15.9 Å². The molecule has 3 rings (SSSR count). The molecule has 3 aromatic rings. The first-order valence-corrected chi connectivity index (χ1v) is 8.42. The van der Waals surface area contributed by atoms with Crippen molar-refractivity contribution in [2.45, 2.75) is 6.18 Å². The fourth-order valence-electron chi connectivity index (χ4n) is 2.71. The van der Waals surface area contributed by atoms with E-state index in [0.717, 1.165) is 0 Å². The number of hydrogen-bond donors (Lipinski definition) is 2. The molecule has 0 saturated carbocycles. The van der Waals surface area contributed by atoms with Crippen LogP contribution in [0.15, 0.2) is 34.8 Å². The van der Waals surface area contributed by atoms with Gasteiger partial charge in [-0.25, -0.2) is 4.39 Å². The van der Waals surface area contributed by atoms with E-state index in [1.165, 1.54) is 23.9 Å². The Bertz CT molecular complexity index is 1120. The van der Waals surface area contributed by atoms with Crippen LogP contribution in [-0.2, 0) is 13.2 Å². The topological polar surface area (TPSA) is 90.0 Å². The van der Waals surface area contributed by atoms with Crippen molar-refractivity contribution in [2.75, 3.05) is 5.32 Å². The summed E-state index contributed by atoms with van der Waals surface area (Å²) in [5.74, 6) is -2.90. The van der Waals surface area contributed by atoms with E-state index >= 15 is 0 Å². The quantitative estimate of drug-likeness (QED) is 0.584. The monoisotopic (exact) mass is 458 g/mol. The van der Waals surface area contributed by atoms with E-state index in [-0.39, 0.29) is 11.4 Å². The fourth-order valence-corrected chi connectivity index (χ4v) is 3.25. The van der Waals surface area contributed by atoms with Crippen molar-refractivity contribution >= 4 is 44.3 Å². The van der Waals surface area contributed by atoms with Crippen LogP contribution in [0.3, 0.4) is 0 Å². The molecule has 146 valence electrons. The first-order chi connectivity index (χ1) is 13.0. The normalized spacial score (nSPS) is 11.6. The summed E-state index contributed by atoms with van der Waals surface area (Å²) < 4.78 is 53.7. The summed E-state index contributed by atoms with van der Waals surface area (Å²) in [5, 5.41) is 6.85. The number of primary amides is 1. The van der Waals surface area contributed by atoms with Crippen molar-refractivity contribution in [1.29, 1.82) is 0 Å². The van der Waals surface area contributed by atoms with E-state index in [2.05, 4.69) is 26.3 Å². The summed E-state index contributed by atoms with van der Waals surface area (Å²) >= 11 is 3.25. The Morgan fingerprint density at radius 3 is 2.46 bits per heavy atom. The average molecular weight is 459 g/mol. The Morgan fingerprint density at radius 1 is 1.18 bits per heavy atom. The van der Waals surface area contributed by atoms with Crippen LogP contribution in [0.4, 0.5) is 23.2 Å². The highest BCUT2D eigenvalue weighted by molar-refractivity contribution is 9.10. The molecule has 0 saturated heterocycles. The number of carbonyl (C=O) groups is 2. The number of carbonyl (C=O) groups excluding carboxylic acids is 2. The smallest absolute Gasteiger partial charge is 0.364 e. The van der Waals surface area contributed by atoms with E-state index < -0.39 is 34.9 Å². The third-order valence-corrected chi connectivity index (χ3v) is 4.48. The van der Waals surface area contributed by atoms with Gasteiger partial charge in [0.25, 0.3) is 11.8 Å². The Hall–Kier alpha value is -2.95. The molecule has 3 N–H and O–H groups in total. The molecule has 0 aliphatic rings. The van der Waals surface area contributed by atoms with Gasteiger partial charge < -0.3 is 11.1 Å². The lowest BCUT2D eigenvalue weighted by Gasteiger charge is -2.10. The number of anilines is 1. The summed E-state index contributed by atoms with van der Waals surface area (Å²) in [6.07, 6.45) is -4.80. The number of aryl methyl sites for hydroxylation is 1. The first-order valence-electron chi connectivity index (χ1n) is 7.62. The number of hydrogen-bond acceptors (Lipinski definition) is 3. The predicted octanol–water partition coefficient (Wildman–Crippen LogP) is 3.84. The molecule has 6 nitrogen and oxygen atoms in total. The zero-order valence-corrected chi connectivity index (χ0v) is 15.7. The largest absolute Gasteiger partial charge is 0.416 e. The third kappa shape index (κ3) is 3.70. The maximum atomic E-state index is 13.5. The van der Waals surface area contributed by atoms with Crippen LogP contribution < -0.4 is 11.1 Å². The molecule has 0 spiro atoms. The van der Waals surface area contributed by atoms with Gasteiger partial charge >= 0.3 is 6.18 Å². The standard InChI is InChI=1S/C17H11BrF4N4O2/c1-26-14(15(23)27)11-5-10(6-12(18)13(11)25-26)24-16(28)7-2-8(17(20,21)22)4-9(19)3-7/h2-6H,1H3,(H2,23,27)(H,24,28).